The predicted molar refractivity (Wildman–Crippen MR) is 85.8 cm³/mol. The van der Waals surface area contributed by atoms with Gasteiger partial charge in [-0.1, -0.05) is 13.0 Å². The van der Waals surface area contributed by atoms with Crippen LogP contribution in [-0.4, -0.2) is 40.8 Å². The van der Waals surface area contributed by atoms with Gasteiger partial charge in [-0.3, -0.25) is 0 Å². The molecule has 2 aromatic rings. The van der Waals surface area contributed by atoms with Crippen LogP contribution in [0.5, 0.6) is 0 Å². The lowest BCUT2D eigenvalue weighted by atomic mass is 9.97. The van der Waals surface area contributed by atoms with E-state index in [-0.39, 0.29) is 0 Å². The van der Waals surface area contributed by atoms with Crippen molar-refractivity contribution in [1.82, 2.24) is 19.9 Å². The zero-order chi connectivity index (χ0) is 14.7. The fourth-order valence-electron chi connectivity index (χ4n) is 3.08. The number of piperidine rings is 1. The molecule has 1 fully saturated rings. The third-order valence-electron chi connectivity index (χ3n) is 4.26. The molecular formula is C16H25N5. The van der Waals surface area contributed by atoms with Crippen LogP contribution in [0.15, 0.2) is 18.3 Å². The van der Waals surface area contributed by atoms with Gasteiger partial charge >= 0.3 is 0 Å². The number of fused-ring (bicyclic) bond motifs is 1. The van der Waals surface area contributed by atoms with E-state index in [0.29, 0.717) is 0 Å². The lowest BCUT2D eigenvalue weighted by Crippen LogP contribution is -2.37. The maximum absolute atomic E-state index is 4.76. The summed E-state index contributed by atoms with van der Waals surface area (Å²) < 4.78 is 1.90. The number of nitrogens with zero attached hydrogens (tertiary/aromatic N) is 4. The second-order valence-electron chi connectivity index (χ2n) is 6.01. The predicted octanol–water partition coefficient (Wildman–Crippen LogP) is 2.25. The fraction of sp³-hybridized carbons (Fsp3) is 0.625. The van der Waals surface area contributed by atoms with Crippen molar-refractivity contribution >= 4 is 11.6 Å². The molecule has 5 nitrogen and oxygen atoms in total. The number of anilines is 1. The van der Waals surface area contributed by atoms with Crippen LogP contribution in [0.4, 0.5) is 5.95 Å². The van der Waals surface area contributed by atoms with E-state index in [4.69, 9.17) is 4.98 Å². The van der Waals surface area contributed by atoms with Crippen LogP contribution in [0.25, 0.3) is 5.65 Å². The summed E-state index contributed by atoms with van der Waals surface area (Å²) in [5.41, 5.74) is 2.15. The first-order valence-electron chi connectivity index (χ1n) is 8.05. The topological polar surface area (TPSA) is 45.5 Å². The average Bonchev–Trinajstić information content (AvgIpc) is 2.93. The summed E-state index contributed by atoms with van der Waals surface area (Å²) in [4.78, 5) is 7.12. The van der Waals surface area contributed by atoms with Crippen LogP contribution in [0.3, 0.4) is 0 Å². The summed E-state index contributed by atoms with van der Waals surface area (Å²) in [5.74, 6) is 1.63. The summed E-state index contributed by atoms with van der Waals surface area (Å²) >= 11 is 0. The highest BCUT2D eigenvalue weighted by atomic mass is 15.4. The smallest absolute Gasteiger partial charge is 0.245 e. The lowest BCUT2D eigenvalue weighted by Gasteiger charge is -2.29. The minimum absolute atomic E-state index is 0.755. The highest BCUT2D eigenvalue weighted by molar-refractivity contribution is 5.50. The molecule has 0 aromatic carbocycles. The Morgan fingerprint density at radius 1 is 1.38 bits per heavy atom. The fourth-order valence-corrected chi connectivity index (χ4v) is 3.08. The van der Waals surface area contributed by atoms with Crippen molar-refractivity contribution in [1.29, 1.82) is 0 Å². The Bertz CT molecular complexity index is 585. The van der Waals surface area contributed by atoms with Gasteiger partial charge in [-0.15, -0.1) is 5.10 Å². The second-order valence-corrected chi connectivity index (χ2v) is 6.01. The third-order valence-corrected chi connectivity index (χ3v) is 4.26. The van der Waals surface area contributed by atoms with Gasteiger partial charge in [-0.2, -0.15) is 4.98 Å². The van der Waals surface area contributed by atoms with E-state index in [1.807, 2.05) is 16.8 Å². The van der Waals surface area contributed by atoms with Crippen molar-refractivity contribution in [3.05, 3.63) is 23.9 Å². The molecule has 114 valence electrons. The maximum Gasteiger partial charge on any atom is 0.245 e. The van der Waals surface area contributed by atoms with Crippen molar-refractivity contribution in [2.24, 2.45) is 5.92 Å². The Morgan fingerprint density at radius 3 is 2.90 bits per heavy atom. The van der Waals surface area contributed by atoms with E-state index in [9.17, 15) is 0 Å². The van der Waals surface area contributed by atoms with Gasteiger partial charge in [0.05, 0.1) is 0 Å². The van der Waals surface area contributed by atoms with E-state index in [2.05, 4.69) is 35.2 Å². The largest absolute Gasteiger partial charge is 0.339 e. The summed E-state index contributed by atoms with van der Waals surface area (Å²) in [5, 5.41) is 8.11. The Balaban J connectivity index is 1.82. The quantitative estimate of drug-likeness (QED) is 0.916. The molecule has 3 heterocycles. The van der Waals surface area contributed by atoms with Crippen LogP contribution in [-0.2, 0) is 0 Å². The minimum atomic E-state index is 0.755. The van der Waals surface area contributed by atoms with Crippen LogP contribution < -0.4 is 10.2 Å². The first kappa shape index (κ1) is 14.3. The van der Waals surface area contributed by atoms with Gasteiger partial charge in [0.15, 0.2) is 5.65 Å². The number of rotatable bonds is 5. The van der Waals surface area contributed by atoms with Crippen molar-refractivity contribution < 1.29 is 0 Å². The maximum atomic E-state index is 4.76. The van der Waals surface area contributed by atoms with E-state index in [1.165, 1.54) is 18.4 Å². The van der Waals surface area contributed by atoms with Crippen LogP contribution in [0.1, 0.15) is 31.7 Å². The van der Waals surface area contributed by atoms with Gasteiger partial charge in [0, 0.05) is 19.3 Å². The molecule has 1 aliphatic rings. The van der Waals surface area contributed by atoms with Crippen molar-refractivity contribution in [3.8, 4) is 0 Å². The van der Waals surface area contributed by atoms with Gasteiger partial charge in [-0.25, -0.2) is 4.52 Å². The molecule has 0 unspecified atom stereocenters. The number of aromatic nitrogens is 3. The number of hydrogen-bond donors (Lipinski definition) is 1. The second kappa shape index (κ2) is 6.43. The molecule has 0 spiro atoms. The van der Waals surface area contributed by atoms with Gasteiger partial charge in [0.25, 0.3) is 0 Å². The Hall–Kier alpha value is -1.62. The average molecular weight is 287 g/mol. The lowest BCUT2D eigenvalue weighted by molar-refractivity contribution is 0.372. The first-order valence-corrected chi connectivity index (χ1v) is 8.05. The van der Waals surface area contributed by atoms with Crippen LogP contribution >= 0.6 is 0 Å². The molecule has 3 rings (SSSR count). The molecule has 1 saturated heterocycles. The zero-order valence-corrected chi connectivity index (χ0v) is 13.0. The molecule has 1 aliphatic heterocycles. The molecule has 0 atom stereocenters. The molecule has 0 aliphatic carbocycles. The third kappa shape index (κ3) is 3.18. The normalized spacial score (nSPS) is 16.5. The summed E-state index contributed by atoms with van der Waals surface area (Å²) in [6.45, 7) is 8.69. The van der Waals surface area contributed by atoms with Crippen LogP contribution in [0.2, 0.25) is 0 Å². The highest BCUT2D eigenvalue weighted by Gasteiger charge is 2.19. The molecule has 0 saturated carbocycles. The first-order chi connectivity index (χ1) is 10.3. The van der Waals surface area contributed by atoms with E-state index < -0.39 is 0 Å². The van der Waals surface area contributed by atoms with E-state index >= 15 is 0 Å². The van der Waals surface area contributed by atoms with Crippen molar-refractivity contribution in [2.75, 3.05) is 31.1 Å². The standard InChI is InChI=1S/C16H25N5/c1-3-10-20(12-14-6-8-17-9-7-14)16-18-15-13(2)5-4-11-21(15)19-16/h4-5,11,14,17H,3,6-10,12H2,1-2H3. The van der Waals surface area contributed by atoms with Crippen molar-refractivity contribution in [3.63, 3.8) is 0 Å². The van der Waals surface area contributed by atoms with Gasteiger partial charge in [0.1, 0.15) is 0 Å². The molecule has 5 heteroatoms. The highest BCUT2D eigenvalue weighted by Crippen LogP contribution is 2.19. The molecular weight excluding hydrogens is 262 g/mol. The van der Waals surface area contributed by atoms with Gasteiger partial charge in [0.2, 0.25) is 5.95 Å². The van der Waals surface area contributed by atoms with Crippen molar-refractivity contribution in [2.45, 2.75) is 33.1 Å². The summed E-state index contributed by atoms with van der Waals surface area (Å²) in [6.07, 6.45) is 5.62. The molecule has 2 aromatic heterocycles. The Labute approximate surface area is 126 Å². The Morgan fingerprint density at radius 2 is 2.19 bits per heavy atom. The molecule has 21 heavy (non-hydrogen) atoms. The van der Waals surface area contributed by atoms with Crippen LogP contribution in [0, 0.1) is 12.8 Å². The zero-order valence-electron chi connectivity index (χ0n) is 13.0. The molecule has 0 radical (unpaired) electrons. The molecule has 1 N–H and O–H groups in total. The van der Waals surface area contributed by atoms with Gasteiger partial charge in [-0.05, 0) is 56.8 Å². The summed E-state index contributed by atoms with van der Waals surface area (Å²) in [7, 11) is 0. The van der Waals surface area contributed by atoms with E-state index in [0.717, 1.165) is 50.1 Å². The van der Waals surface area contributed by atoms with Gasteiger partial charge < -0.3 is 10.2 Å². The van der Waals surface area contributed by atoms with E-state index in [1.54, 1.807) is 0 Å². The molecule has 0 amide bonds. The summed E-state index contributed by atoms with van der Waals surface area (Å²) in [6, 6.07) is 4.11. The number of aryl methyl sites for hydroxylation is 1. The SMILES string of the molecule is CCCN(CC1CCNCC1)c1nc2c(C)cccn2n1. The number of pyridine rings is 1. The number of nitrogens with one attached hydrogen (secondary N) is 1. The molecule has 0 bridgehead atoms. The Kier molecular flexibility index (Phi) is 4.39. The monoisotopic (exact) mass is 287 g/mol. The number of hydrogen-bond acceptors (Lipinski definition) is 4. The minimum Gasteiger partial charge on any atom is -0.339 e.